The Balaban J connectivity index is 1.78. The number of hydrogen-bond donors (Lipinski definition) is 0. The minimum absolute atomic E-state index is 0.178. The zero-order valence-electron chi connectivity index (χ0n) is 12.8. The van der Waals surface area contributed by atoms with Crippen molar-refractivity contribution in [1.82, 2.24) is 5.32 Å². The van der Waals surface area contributed by atoms with Crippen molar-refractivity contribution in [3.05, 3.63) is 69.3 Å². The van der Waals surface area contributed by atoms with Crippen molar-refractivity contribution in [3.8, 4) is 0 Å². The van der Waals surface area contributed by atoms with Gasteiger partial charge in [0.25, 0.3) is 0 Å². The van der Waals surface area contributed by atoms with Gasteiger partial charge in [-0.25, -0.2) is 5.32 Å². The zero-order valence-corrected chi connectivity index (χ0v) is 14.9. The maximum Gasteiger partial charge on any atom is 0.152 e. The van der Waals surface area contributed by atoms with Gasteiger partial charge in [-0.3, -0.25) is 0 Å². The van der Waals surface area contributed by atoms with Crippen molar-refractivity contribution >= 4 is 28.3 Å². The lowest BCUT2D eigenvalue weighted by molar-refractivity contribution is -0.0507. The summed E-state index contributed by atoms with van der Waals surface area (Å²) in [6.45, 7) is 1.72. The highest BCUT2D eigenvalue weighted by molar-refractivity contribution is 14.1. The summed E-state index contributed by atoms with van der Waals surface area (Å²) in [7, 11) is 0. The van der Waals surface area contributed by atoms with Gasteiger partial charge in [0, 0.05) is 35.1 Å². The molecule has 0 saturated carbocycles. The van der Waals surface area contributed by atoms with E-state index in [0.717, 1.165) is 37.2 Å². The lowest BCUT2D eigenvalue weighted by Gasteiger charge is -2.36. The molecular formula is C19H18IN2O. The second-order valence-corrected chi connectivity index (χ2v) is 7.40. The Bertz CT molecular complexity index is 706. The first-order valence-electron chi connectivity index (χ1n) is 7.99. The fraction of sp³-hybridized carbons (Fsp3) is 0.316. The average molecular weight is 417 g/mol. The summed E-state index contributed by atoms with van der Waals surface area (Å²) >= 11 is 2.35. The highest BCUT2D eigenvalue weighted by Gasteiger charge is 2.50. The van der Waals surface area contributed by atoms with Crippen molar-refractivity contribution in [2.24, 2.45) is 5.16 Å². The number of rotatable bonds is 2. The van der Waals surface area contributed by atoms with Crippen LogP contribution in [0.2, 0.25) is 0 Å². The van der Waals surface area contributed by atoms with Crippen molar-refractivity contribution in [2.75, 3.05) is 13.1 Å². The number of halogens is 1. The van der Waals surface area contributed by atoms with Gasteiger partial charge in [-0.15, -0.1) is 0 Å². The molecule has 4 heteroatoms. The van der Waals surface area contributed by atoms with Crippen LogP contribution in [0.25, 0.3) is 0 Å². The van der Waals surface area contributed by atoms with Crippen LogP contribution in [-0.4, -0.2) is 24.4 Å². The minimum atomic E-state index is -0.236. The third kappa shape index (κ3) is 2.78. The van der Waals surface area contributed by atoms with E-state index in [2.05, 4.69) is 81.6 Å². The van der Waals surface area contributed by atoms with E-state index in [1.54, 1.807) is 0 Å². The summed E-state index contributed by atoms with van der Waals surface area (Å²) in [4.78, 5) is 6.07. The molecule has 0 bridgehead atoms. The fourth-order valence-corrected chi connectivity index (χ4v) is 3.95. The van der Waals surface area contributed by atoms with Gasteiger partial charge in [-0.1, -0.05) is 47.6 Å². The number of oxime groups is 1. The molecule has 2 aromatic carbocycles. The maximum atomic E-state index is 6.07. The van der Waals surface area contributed by atoms with Crippen molar-refractivity contribution < 1.29 is 4.84 Å². The van der Waals surface area contributed by atoms with Crippen LogP contribution in [0.5, 0.6) is 0 Å². The van der Waals surface area contributed by atoms with E-state index in [9.17, 15) is 0 Å². The van der Waals surface area contributed by atoms with Crippen LogP contribution >= 0.6 is 22.6 Å². The molecule has 1 atom stereocenters. The molecule has 23 heavy (non-hydrogen) atoms. The number of benzene rings is 2. The summed E-state index contributed by atoms with van der Waals surface area (Å²) in [5.41, 5.74) is 3.25. The topological polar surface area (TPSA) is 35.7 Å². The Morgan fingerprint density at radius 3 is 2.35 bits per heavy atom. The molecule has 0 aromatic heterocycles. The molecule has 0 N–H and O–H groups in total. The van der Waals surface area contributed by atoms with Gasteiger partial charge in [0.1, 0.15) is 0 Å². The molecule has 1 spiro atoms. The molecule has 0 amide bonds. The van der Waals surface area contributed by atoms with Crippen molar-refractivity contribution in [2.45, 2.75) is 24.4 Å². The first kappa shape index (κ1) is 15.1. The maximum absolute atomic E-state index is 6.07. The van der Waals surface area contributed by atoms with Crippen LogP contribution in [0.3, 0.4) is 0 Å². The predicted octanol–water partition coefficient (Wildman–Crippen LogP) is 3.95. The molecule has 117 valence electrons. The van der Waals surface area contributed by atoms with Gasteiger partial charge in [0.2, 0.25) is 0 Å². The molecule has 0 aliphatic carbocycles. The molecular weight excluding hydrogens is 399 g/mol. The van der Waals surface area contributed by atoms with Gasteiger partial charge in [0.05, 0.1) is 11.6 Å². The van der Waals surface area contributed by atoms with Gasteiger partial charge >= 0.3 is 0 Å². The lowest BCUT2D eigenvalue weighted by atomic mass is 9.73. The Hall–Kier alpha value is -1.40. The third-order valence-electron chi connectivity index (χ3n) is 4.78. The van der Waals surface area contributed by atoms with Crippen molar-refractivity contribution in [1.29, 1.82) is 0 Å². The highest BCUT2D eigenvalue weighted by atomic mass is 127. The van der Waals surface area contributed by atoms with E-state index in [4.69, 9.17) is 4.84 Å². The first-order chi connectivity index (χ1) is 11.3. The second kappa shape index (κ2) is 6.24. The van der Waals surface area contributed by atoms with Crippen molar-refractivity contribution in [3.63, 3.8) is 0 Å². The molecule has 2 aliphatic heterocycles. The van der Waals surface area contributed by atoms with Crippen LogP contribution in [-0.2, 0) is 4.84 Å². The minimum Gasteiger partial charge on any atom is -0.388 e. The monoisotopic (exact) mass is 417 g/mol. The summed E-state index contributed by atoms with van der Waals surface area (Å²) < 4.78 is 1.25. The molecule has 2 aromatic rings. The molecule has 2 heterocycles. The van der Waals surface area contributed by atoms with Crippen LogP contribution in [0.1, 0.15) is 29.9 Å². The van der Waals surface area contributed by atoms with E-state index in [0.29, 0.717) is 0 Å². The Morgan fingerprint density at radius 1 is 0.957 bits per heavy atom. The molecule has 4 rings (SSSR count). The number of piperidine rings is 1. The fourth-order valence-electron chi connectivity index (χ4n) is 3.59. The smallest absolute Gasteiger partial charge is 0.152 e. The van der Waals surface area contributed by atoms with Crippen LogP contribution in [0, 0.1) is 3.57 Å². The van der Waals surface area contributed by atoms with E-state index in [1.165, 1.54) is 9.13 Å². The molecule has 1 fully saturated rings. The Morgan fingerprint density at radius 2 is 1.65 bits per heavy atom. The lowest BCUT2D eigenvalue weighted by Crippen LogP contribution is -2.44. The van der Waals surface area contributed by atoms with Crippen LogP contribution < -0.4 is 5.32 Å². The molecule has 1 radical (unpaired) electrons. The Labute approximate surface area is 150 Å². The summed E-state index contributed by atoms with van der Waals surface area (Å²) in [5.74, 6) is 0.178. The summed E-state index contributed by atoms with van der Waals surface area (Å²) in [6.07, 6.45) is 1.87. The van der Waals surface area contributed by atoms with Crippen LogP contribution in [0.15, 0.2) is 59.8 Å². The standard InChI is InChI=1S/C19H18IN2O/c20-16-8-6-14(7-9-16)17-18(15-4-2-1-3-5-15)22-23-19(17)10-12-21-13-11-19/h1-9,17H,10-13H2. The summed E-state index contributed by atoms with van der Waals surface area (Å²) in [6, 6.07) is 19.2. The van der Waals surface area contributed by atoms with Gasteiger partial charge < -0.3 is 4.84 Å². The quantitative estimate of drug-likeness (QED) is 0.682. The van der Waals surface area contributed by atoms with Crippen LogP contribution in [0.4, 0.5) is 0 Å². The molecule has 1 saturated heterocycles. The third-order valence-corrected chi connectivity index (χ3v) is 5.50. The Kier molecular flexibility index (Phi) is 4.11. The van der Waals surface area contributed by atoms with Gasteiger partial charge in [-0.2, -0.15) is 0 Å². The molecule has 1 unspecified atom stereocenters. The largest absolute Gasteiger partial charge is 0.388 e. The number of nitrogens with zero attached hydrogens (tertiary/aromatic N) is 2. The van der Waals surface area contributed by atoms with E-state index >= 15 is 0 Å². The van der Waals surface area contributed by atoms with E-state index < -0.39 is 0 Å². The SMILES string of the molecule is Ic1ccc(C2C(c3ccccc3)=NOC23CC[N]CC3)cc1. The molecule has 3 nitrogen and oxygen atoms in total. The summed E-state index contributed by atoms with van der Waals surface area (Å²) in [5, 5.41) is 9.04. The first-order valence-corrected chi connectivity index (χ1v) is 9.07. The van der Waals surface area contributed by atoms with E-state index in [-0.39, 0.29) is 11.5 Å². The van der Waals surface area contributed by atoms with Gasteiger partial charge in [-0.05, 0) is 40.3 Å². The molecule has 2 aliphatic rings. The zero-order chi connectivity index (χ0) is 15.7. The normalized spacial score (nSPS) is 22.7. The highest BCUT2D eigenvalue weighted by Crippen LogP contribution is 2.45. The second-order valence-electron chi connectivity index (χ2n) is 6.15. The van der Waals surface area contributed by atoms with E-state index in [1.807, 2.05) is 6.07 Å². The van der Waals surface area contributed by atoms with Gasteiger partial charge in [0.15, 0.2) is 5.60 Å². The average Bonchev–Trinajstić information content (AvgIpc) is 2.96. The number of hydrogen-bond acceptors (Lipinski definition) is 2. The predicted molar refractivity (Wildman–Crippen MR) is 99.8 cm³/mol.